The Morgan fingerprint density at radius 3 is 2.64 bits per heavy atom. The van der Waals surface area contributed by atoms with Crippen molar-refractivity contribution in [2.24, 2.45) is 5.73 Å². The van der Waals surface area contributed by atoms with Gasteiger partial charge in [0.2, 0.25) is 5.91 Å². The largest absolute Gasteiger partial charge is 0.352 e. The lowest BCUT2D eigenvalue weighted by Crippen LogP contribution is -2.39. The van der Waals surface area contributed by atoms with E-state index < -0.39 is 6.03 Å². The zero-order chi connectivity index (χ0) is 15.1. The highest BCUT2D eigenvalue weighted by Crippen LogP contribution is 2.13. The van der Waals surface area contributed by atoms with Gasteiger partial charge < -0.3 is 21.7 Å². The first-order valence-electron chi connectivity index (χ1n) is 6.87. The van der Waals surface area contributed by atoms with Crippen molar-refractivity contribution >= 4 is 41.8 Å². The Morgan fingerprint density at radius 2 is 2.05 bits per heavy atom. The van der Waals surface area contributed by atoms with Crippen LogP contribution in [0, 0.1) is 0 Å². The van der Waals surface area contributed by atoms with Gasteiger partial charge in [-0.3, -0.25) is 4.79 Å². The molecule has 1 aliphatic heterocycles. The fourth-order valence-electron chi connectivity index (χ4n) is 2.08. The maximum absolute atomic E-state index is 11.9. The Hall–Kier alpha value is -1.44. The van der Waals surface area contributed by atoms with Crippen LogP contribution in [0.3, 0.4) is 0 Å². The summed E-state index contributed by atoms with van der Waals surface area (Å²) in [5, 5.41) is 8.74. The molecule has 1 saturated heterocycles. The highest BCUT2D eigenvalue weighted by atomic mass is 35.5. The van der Waals surface area contributed by atoms with Crippen molar-refractivity contribution in [3.05, 3.63) is 29.8 Å². The van der Waals surface area contributed by atoms with Crippen LogP contribution in [0.5, 0.6) is 0 Å². The van der Waals surface area contributed by atoms with Gasteiger partial charge in [-0.1, -0.05) is 12.1 Å². The molecule has 1 fully saturated rings. The van der Waals surface area contributed by atoms with Crippen LogP contribution in [0.2, 0.25) is 0 Å². The molecule has 122 valence electrons. The molecule has 0 aliphatic carbocycles. The lowest BCUT2D eigenvalue weighted by Gasteiger charge is -2.22. The summed E-state index contributed by atoms with van der Waals surface area (Å²) < 4.78 is 0. The molecule has 2 rings (SSSR count). The molecule has 22 heavy (non-hydrogen) atoms. The third-order valence-corrected chi connectivity index (χ3v) is 4.27. The Kier molecular flexibility index (Phi) is 8.08. The summed E-state index contributed by atoms with van der Waals surface area (Å²) in [6.07, 6.45) is 0.484. The lowest BCUT2D eigenvalue weighted by atomic mass is 10.2. The molecule has 8 heteroatoms. The van der Waals surface area contributed by atoms with Crippen molar-refractivity contribution in [1.29, 1.82) is 0 Å². The number of hydrogen-bond donors (Lipinski definition) is 4. The molecule has 0 saturated carbocycles. The maximum atomic E-state index is 11.9. The summed E-state index contributed by atoms with van der Waals surface area (Å²) in [5.41, 5.74) is 6.69. The number of carbonyl (C=O) groups is 2. The van der Waals surface area contributed by atoms with Crippen molar-refractivity contribution < 1.29 is 9.59 Å². The van der Waals surface area contributed by atoms with Gasteiger partial charge in [0.05, 0.1) is 0 Å². The quantitative estimate of drug-likeness (QED) is 0.647. The van der Waals surface area contributed by atoms with Crippen LogP contribution in [-0.4, -0.2) is 36.0 Å². The number of halogens is 1. The first-order valence-corrected chi connectivity index (χ1v) is 8.02. The number of rotatable bonds is 5. The number of carbonyl (C=O) groups excluding carboxylic acids is 2. The van der Waals surface area contributed by atoms with E-state index in [1.54, 1.807) is 0 Å². The SMILES string of the molecule is Cl.NC(=O)NCc1ccc(NC(=O)CC2CSCCN2)cc1. The number of anilines is 1. The van der Waals surface area contributed by atoms with Gasteiger partial charge in [-0.15, -0.1) is 12.4 Å². The molecule has 6 nitrogen and oxygen atoms in total. The Labute approximate surface area is 140 Å². The Morgan fingerprint density at radius 1 is 1.32 bits per heavy atom. The van der Waals surface area contributed by atoms with Crippen LogP contribution in [0.4, 0.5) is 10.5 Å². The van der Waals surface area contributed by atoms with Crippen LogP contribution >= 0.6 is 24.2 Å². The van der Waals surface area contributed by atoms with Gasteiger partial charge in [-0.2, -0.15) is 11.8 Å². The fourth-order valence-corrected chi connectivity index (χ4v) is 3.03. The van der Waals surface area contributed by atoms with Gasteiger partial charge in [-0.25, -0.2) is 4.79 Å². The summed E-state index contributed by atoms with van der Waals surface area (Å²) in [5.74, 6) is 2.10. The number of nitrogens with one attached hydrogen (secondary N) is 3. The van der Waals surface area contributed by atoms with E-state index in [0.717, 1.165) is 29.3 Å². The zero-order valence-electron chi connectivity index (χ0n) is 12.1. The molecule has 1 aromatic carbocycles. The first kappa shape index (κ1) is 18.6. The van der Waals surface area contributed by atoms with E-state index in [2.05, 4.69) is 16.0 Å². The van der Waals surface area contributed by atoms with Gasteiger partial charge in [0.1, 0.15) is 0 Å². The molecule has 1 heterocycles. The van der Waals surface area contributed by atoms with Crippen LogP contribution < -0.4 is 21.7 Å². The predicted molar refractivity (Wildman–Crippen MR) is 92.5 cm³/mol. The minimum atomic E-state index is -0.551. The molecule has 1 atom stereocenters. The third kappa shape index (κ3) is 6.55. The minimum Gasteiger partial charge on any atom is -0.352 e. The number of thioether (sulfide) groups is 1. The number of urea groups is 1. The summed E-state index contributed by atoms with van der Waals surface area (Å²) >= 11 is 1.87. The van der Waals surface area contributed by atoms with E-state index in [1.807, 2.05) is 36.0 Å². The third-order valence-electron chi connectivity index (χ3n) is 3.13. The van der Waals surface area contributed by atoms with Gasteiger partial charge in [0, 0.05) is 42.7 Å². The summed E-state index contributed by atoms with van der Waals surface area (Å²) in [4.78, 5) is 22.6. The van der Waals surface area contributed by atoms with Crippen molar-refractivity contribution in [3.63, 3.8) is 0 Å². The average Bonchev–Trinajstić information content (AvgIpc) is 2.47. The Balaban J connectivity index is 0.00000242. The number of hydrogen-bond acceptors (Lipinski definition) is 4. The van der Waals surface area contributed by atoms with Crippen molar-refractivity contribution in [2.75, 3.05) is 23.4 Å². The van der Waals surface area contributed by atoms with Crippen LogP contribution in [0.1, 0.15) is 12.0 Å². The van der Waals surface area contributed by atoms with Crippen molar-refractivity contribution in [3.8, 4) is 0 Å². The molecular formula is C14H21ClN4O2S. The lowest BCUT2D eigenvalue weighted by molar-refractivity contribution is -0.116. The molecule has 1 aromatic rings. The highest BCUT2D eigenvalue weighted by molar-refractivity contribution is 7.99. The smallest absolute Gasteiger partial charge is 0.312 e. The molecule has 0 spiro atoms. The summed E-state index contributed by atoms with van der Waals surface area (Å²) in [6.45, 7) is 1.34. The molecule has 1 aliphatic rings. The maximum Gasteiger partial charge on any atom is 0.312 e. The second kappa shape index (κ2) is 9.55. The van der Waals surface area contributed by atoms with Crippen molar-refractivity contribution in [1.82, 2.24) is 10.6 Å². The highest BCUT2D eigenvalue weighted by Gasteiger charge is 2.16. The van der Waals surface area contributed by atoms with E-state index in [9.17, 15) is 9.59 Å². The van der Waals surface area contributed by atoms with E-state index in [-0.39, 0.29) is 24.4 Å². The molecule has 1 unspecified atom stereocenters. The average molecular weight is 345 g/mol. The molecule has 0 aromatic heterocycles. The standard InChI is InChI=1S/C14H20N4O2S.ClH/c15-14(20)17-8-10-1-3-11(4-2-10)18-13(19)7-12-9-21-6-5-16-12;/h1-4,12,16H,5-9H2,(H,18,19)(H3,15,17,20);1H. The van der Waals surface area contributed by atoms with Crippen LogP contribution in [0.15, 0.2) is 24.3 Å². The van der Waals surface area contributed by atoms with Crippen LogP contribution in [-0.2, 0) is 11.3 Å². The topological polar surface area (TPSA) is 96.2 Å². The monoisotopic (exact) mass is 344 g/mol. The van der Waals surface area contributed by atoms with Gasteiger partial charge in [0.25, 0.3) is 0 Å². The first-order chi connectivity index (χ1) is 10.1. The van der Waals surface area contributed by atoms with Gasteiger partial charge in [0.15, 0.2) is 0 Å². The predicted octanol–water partition coefficient (Wildman–Crippen LogP) is 1.31. The number of benzene rings is 1. The molecule has 3 amide bonds. The zero-order valence-corrected chi connectivity index (χ0v) is 13.8. The normalized spacial score (nSPS) is 17.2. The summed E-state index contributed by atoms with van der Waals surface area (Å²) in [6, 6.07) is 7.03. The molecule has 0 bridgehead atoms. The summed E-state index contributed by atoms with van der Waals surface area (Å²) in [7, 11) is 0. The van der Waals surface area contributed by atoms with E-state index in [1.165, 1.54) is 0 Å². The second-order valence-corrected chi connectivity index (χ2v) is 6.04. The van der Waals surface area contributed by atoms with Gasteiger partial charge >= 0.3 is 6.03 Å². The van der Waals surface area contributed by atoms with Crippen molar-refractivity contribution in [2.45, 2.75) is 19.0 Å². The second-order valence-electron chi connectivity index (χ2n) is 4.89. The minimum absolute atomic E-state index is 0. The number of primary amides is 1. The Bertz CT molecular complexity index is 492. The van der Waals surface area contributed by atoms with E-state index >= 15 is 0 Å². The fraction of sp³-hybridized carbons (Fsp3) is 0.429. The number of amides is 3. The van der Waals surface area contributed by atoms with E-state index in [4.69, 9.17) is 5.73 Å². The molecule has 0 radical (unpaired) electrons. The number of nitrogens with two attached hydrogens (primary N) is 1. The molecule has 5 N–H and O–H groups in total. The van der Waals surface area contributed by atoms with Gasteiger partial charge in [-0.05, 0) is 17.7 Å². The van der Waals surface area contributed by atoms with Crippen LogP contribution in [0.25, 0.3) is 0 Å². The molecular weight excluding hydrogens is 324 g/mol. The van der Waals surface area contributed by atoms with E-state index in [0.29, 0.717) is 13.0 Å².